The maximum atomic E-state index is 10.8. The van der Waals surface area contributed by atoms with E-state index < -0.39 is 6.09 Å². The van der Waals surface area contributed by atoms with Gasteiger partial charge in [-0.05, 0) is 28.8 Å². The van der Waals surface area contributed by atoms with Crippen LogP contribution < -0.4 is 5.32 Å². The zero-order valence-electron chi connectivity index (χ0n) is 9.01. The van der Waals surface area contributed by atoms with Crippen molar-refractivity contribution in [3.63, 3.8) is 0 Å². The summed E-state index contributed by atoms with van der Waals surface area (Å²) in [6.07, 6.45) is 2.41. The Morgan fingerprint density at radius 2 is 2.41 bits per heavy atom. The van der Waals surface area contributed by atoms with Gasteiger partial charge in [-0.1, -0.05) is 0 Å². The summed E-state index contributed by atoms with van der Waals surface area (Å²) in [5.74, 6) is 0.422. The smallest absolute Gasteiger partial charge is 0.407 e. The number of anilines is 1. The van der Waals surface area contributed by atoms with Crippen molar-refractivity contribution in [2.45, 2.75) is 18.9 Å². The number of piperidine rings is 1. The molecule has 0 unspecified atom stereocenters. The van der Waals surface area contributed by atoms with Gasteiger partial charge < -0.3 is 15.3 Å². The maximum Gasteiger partial charge on any atom is 0.407 e. The van der Waals surface area contributed by atoms with Gasteiger partial charge in [0.05, 0.1) is 6.20 Å². The van der Waals surface area contributed by atoms with Crippen molar-refractivity contribution in [1.29, 1.82) is 0 Å². The third-order valence-corrected chi connectivity index (χ3v) is 2.92. The number of aromatic nitrogens is 3. The summed E-state index contributed by atoms with van der Waals surface area (Å²) >= 11 is 3.15. The Hall–Kier alpha value is -1.44. The molecule has 1 fully saturated rings. The lowest BCUT2D eigenvalue weighted by molar-refractivity contribution is 0.132. The van der Waals surface area contributed by atoms with E-state index in [4.69, 9.17) is 5.11 Å². The number of carboxylic acid groups (broad SMARTS) is 1. The molecule has 1 saturated heterocycles. The van der Waals surface area contributed by atoms with E-state index in [1.807, 2.05) is 0 Å². The van der Waals surface area contributed by atoms with E-state index >= 15 is 0 Å². The van der Waals surface area contributed by atoms with E-state index in [0.717, 1.165) is 12.8 Å². The van der Waals surface area contributed by atoms with Crippen molar-refractivity contribution in [2.24, 2.45) is 0 Å². The van der Waals surface area contributed by atoms with Crippen molar-refractivity contribution >= 4 is 28.0 Å². The molecular formula is C9H12BrN5O2. The van der Waals surface area contributed by atoms with E-state index in [2.05, 4.69) is 36.4 Å². The standard InChI is InChI=1S/C9H12BrN5O2/c10-7-4-11-8(14-13-7)12-6-2-1-3-15(5-6)9(16)17/h4,6H,1-3,5H2,(H,16,17)(H,11,12,14)/t6-/m1/s1. The monoisotopic (exact) mass is 301 g/mol. The number of likely N-dealkylation sites (tertiary alicyclic amines) is 1. The lowest BCUT2D eigenvalue weighted by Crippen LogP contribution is -2.44. The van der Waals surface area contributed by atoms with Gasteiger partial charge in [-0.3, -0.25) is 0 Å². The molecule has 0 radical (unpaired) electrons. The van der Waals surface area contributed by atoms with Crippen LogP contribution in [0.5, 0.6) is 0 Å². The molecule has 0 spiro atoms. The van der Waals surface area contributed by atoms with Crippen LogP contribution in [0, 0.1) is 0 Å². The lowest BCUT2D eigenvalue weighted by atomic mass is 10.1. The molecular weight excluding hydrogens is 290 g/mol. The zero-order chi connectivity index (χ0) is 12.3. The van der Waals surface area contributed by atoms with Gasteiger partial charge in [-0.15, -0.1) is 10.2 Å². The summed E-state index contributed by atoms with van der Waals surface area (Å²) in [5, 5.41) is 19.7. The van der Waals surface area contributed by atoms with Crippen LogP contribution in [0.4, 0.5) is 10.7 Å². The molecule has 2 rings (SSSR count). The second-order valence-corrected chi connectivity index (χ2v) is 4.63. The quantitative estimate of drug-likeness (QED) is 0.852. The van der Waals surface area contributed by atoms with E-state index in [-0.39, 0.29) is 6.04 Å². The normalized spacial score (nSPS) is 20.1. The molecule has 1 aromatic heterocycles. The number of nitrogens with one attached hydrogen (secondary N) is 1. The van der Waals surface area contributed by atoms with E-state index in [0.29, 0.717) is 23.6 Å². The number of hydrogen-bond donors (Lipinski definition) is 2. The first-order valence-electron chi connectivity index (χ1n) is 5.25. The molecule has 7 nitrogen and oxygen atoms in total. The Bertz CT molecular complexity index is 399. The highest BCUT2D eigenvalue weighted by Gasteiger charge is 2.23. The molecule has 1 amide bonds. The number of hydrogen-bond acceptors (Lipinski definition) is 5. The topological polar surface area (TPSA) is 91.2 Å². The van der Waals surface area contributed by atoms with Crippen LogP contribution in [0.25, 0.3) is 0 Å². The van der Waals surface area contributed by atoms with Gasteiger partial charge in [0, 0.05) is 19.1 Å². The van der Waals surface area contributed by atoms with Gasteiger partial charge in [0.25, 0.3) is 0 Å². The number of carbonyl (C=O) groups is 1. The Morgan fingerprint density at radius 3 is 3.06 bits per heavy atom. The fraction of sp³-hybridized carbons (Fsp3) is 0.556. The fourth-order valence-electron chi connectivity index (χ4n) is 1.78. The number of halogens is 1. The first-order chi connectivity index (χ1) is 8.15. The summed E-state index contributed by atoms with van der Waals surface area (Å²) in [6.45, 7) is 1.04. The summed E-state index contributed by atoms with van der Waals surface area (Å²) in [6, 6.07) is 0.0443. The molecule has 0 aliphatic carbocycles. The molecule has 0 aromatic carbocycles. The van der Waals surface area contributed by atoms with E-state index in [9.17, 15) is 4.79 Å². The van der Waals surface area contributed by atoms with Gasteiger partial charge in [0.2, 0.25) is 5.95 Å². The van der Waals surface area contributed by atoms with Crippen molar-refractivity contribution < 1.29 is 9.90 Å². The average molecular weight is 302 g/mol. The Morgan fingerprint density at radius 1 is 1.59 bits per heavy atom. The van der Waals surface area contributed by atoms with Crippen LogP contribution in [-0.2, 0) is 0 Å². The Kier molecular flexibility index (Phi) is 3.72. The SMILES string of the molecule is O=C(O)N1CCC[C@@H](Nc2ncc(Br)nn2)C1. The average Bonchev–Trinajstić information content (AvgIpc) is 2.32. The lowest BCUT2D eigenvalue weighted by Gasteiger charge is -2.30. The third kappa shape index (κ3) is 3.26. The molecule has 1 aliphatic heterocycles. The van der Waals surface area contributed by atoms with Gasteiger partial charge in [0.1, 0.15) is 4.60 Å². The fourth-order valence-corrected chi connectivity index (χ4v) is 1.96. The Labute approximate surface area is 106 Å². The number of nitrogens with zero attached hydrogens (tertiary/aromatic N) is 4. The van der Waals surface area contributed by atoms with Crippen molar-refractivity contribution in [1.82, 2.24) is 20.1 Å². The van der Waals surface area contributed by atoms with Crippen LogP contribution in [-0.4, -0.2) is 50.4 Å². The summed E-state index contributed by atoms with van der Waals surface area (Å²) < 4.78 is 0.568. The zero-order valence-corrected chi connectivity index (χ0v) is 10.6. The van der Waals surface area contributed by atoms with Crippen LogP contribution >= 0.6 is 15.9 Å². The van der Waals surface area contributed by atoms with Crippen molar-refractivity contribution in [3.8, 4) is 0 Å². The predicted octanol–water partition coefficient (Wildman–Crippen LogP) is 1.19. The van der Waals surface area contributed by atoms with Crippen LogP contribution in [0.2, 0.25) is 0 Å². The summed E-state index contributed by atoms with van der Waals surface area (Å²) in [7, 11) is 0. The highest BCUT2D eigenvalue weighted by molar-refractivity contribution is 9.10. The molecule has 0 saturated carbocycles. The minimum atomic E-state index is -0.883. The maximum absolute atomic E-state index is 10.8. The first kappa shape index (κ1) is 12.0. The van der Waals surface area contributed by atoms with Gasteiger partial charge in [-0.25, -0.2) is 9.78 Å². The molecule has 92 valence electrons. The second kappa shape index (κ2) is 5.26. The molecule has 2 heterocycles. The third-order valence-electron chi connectivity index (χ3n) is 2.56. The van der Waals surface area contributed by atoms with Crippen LogP contribution in [0.3, 0.4) is 0 Å². The predicted molar refractivity (Wildman–Crippen MR) is 63.8 cm³/mol. The van der Waals surface area contributed by atoms with Crippen LogP contribution in [0.15, 0.2) is 10.8 Å². The van der Waals surface area contributed by atoms with Gasteiger partial charge in [0.15, 0.2) is 0 Å². The van der Waals surface area contributed by atoms with Crippen LogP contribution in [0.1, 0.15) is 12.8 Å². The molecule has 0 bridgehead atoms. The van der Waals surface area contributed by atoms with Crippen molar-refractivity contribution in [2.75, 3.05) is 18.4 Å². The molecule has 2 N–H and O–H groups in total. The largest absolute Gasteiger partial charge is 0.465 e. The first-order valence-corrected chi connectivity index (χ1v) is 6.04. The summed E-state index contributed by atoms with van der Waals surface area (Å²) in [4.78, 5) is 16.3. The minimum absolute atomic E-state index is 0.0443. The molecule has 1 atom stereocenters. The second-order valence-electron chi connectivity index (χ2n) is 3.82. The van der Waals surface area contributed by atoms with Crippen molar-refractivity contribution in [3.05, 3.63) is 10.8 Å². The van der Waals surface area contributed by atoms with E-state index in [1.165, 1.54) is 4.90 Å². The minimum Gasteiger partial charge on any atom is -0.465 e. The highest BCUT2D eigenvalue weighted by atomic mass is 79.9. The van der Waals surface area contributed by atoms with E-state index in [1.54, 1.807) is 6.20 Å². The summed E-state index contributed by atoms with van der Waals surface area (Å²) in [5.41, 5.74) is 0. The number of rotatable bonds is 2. The number of amides is 1. The molecule has 1 aromatic rings. The van der Waals surface area contributed by atoms with Gasteiger partial charge in [-0.2, -0.15) is 0 Å². The molecule has 1 aliphatic rings. The molecule has 17 heavy (non-hydrogen) atoms. The Balaban J connectivity index is 1.94. The van der Waals surface area contributed by atoms with Gasteiger partial charge >= 0.3 is 6.09 Å². The highest BCUT2D eigenvalue weighted by Crippen LogP contribution is 2.13. The molecule has 8 heteroatoms.